The van der Waals surface area contributed by atoms with Gasteiger partial charge in [-0.15, -0.1) is 0 Å². The molecule has 3 N–H and O–H groups in total. The molecule has 3 rings (SSSR count). The van der Waals surface area contributed by atoms with Gasteiger partial charge in [0.15, 0.2) is 10.8 Å². The molecule has 2 aromatic heterocycles. The number of nitrogens with two attached hydrogens (primary N) is 1. The zero-order chi connectivity index (χ0) is 15.0. The molecule has 1 aliphatic rings. The quantitative estimate of drug-likeness (QED) is 0.502. The Balaban J connectivity index is 0.00000132. The van der Waals surface area contributed by atoms with Crippen LogP contribution in [0.5, 0.6) is 0 Å². The standard InChI is InChI=1S/C11H13ClN5O3P.2H2/c1-19-21(18)20-7-3-2-6(4-7)17-5-14-8-9(12)15-11(13)16-10(8)17;;/h2-3,5-7,18H,4H2,1H3,(H2,13,15,16);2*1H/t6-,7+,21?;;/m0../s1. The van der Waals surface area contributed by atoms with Crippen LogP contribution in [0.4, 0.5) is 5.95 Å². The van der Waals surface area contributed by atoms with E-state index in [1.54, 1.807) is 6.33 Å². The third kappa shape index (κ3) is 2.86. The van der Waals surface area contributed by atoms with E-state index in [1.807, 2.05) is 16.7 Å². The van der Waals surface area contributed by atoms with Gasteiger partial charge >= 0.3 is 8.60 Å². The monoisotopic (exact) mass is 333 g/mol. The van der Waals surface area contributed by atoms with Crippen molar-refractivity contribution < 1.29 is 16.8 Å². The first kappa shape index (κ1) is 14.6. The number of rotatable bonds is 4. The third-order valence-corrected chi connectivity index (χ3v) is 4.18. The summed E-state index contributed by atoms with van der Waals surface area (Å²) in [5.74, 6) is 0.0993. The predicted molar refractivity (Wildman–Crippen MR) is 82.8 cm³/mol. The molecule has 21 heavy (non-hydrogen) atoms. The molecule has 0 amide bonds. The number of nitrogens with zero attached hydrogens (tertiary/aromatic N) is 4. The maximum atomic E-state index is 9.39. The maximum Gasteiger partial charge on any atom is 0.330 e. The fourth-order valence-corrected chi connectivity index (χ4v) is 2.93. The van der Waals surface area contributed by atoms with Crippen molar-refractivity contribution in [1.29, 1.82) is 0 Å². The molecule has 0 saturated heterocycles. The van der Waals surface area contributed by atoms with E-state index in [1.165, 1.54) is 7.11 Å². The van der Waals surface area contributed by atoms with Crippen molar-refractivity contribution in [2.75, 3.05) is 12.8 Å². The number of fused-ring (bicyclic) bond motifs is 1. The topological polar surface area (TPSA) is 108 Å². The Bertz CT molecular complexity index is 704. The van der Waals surface area contributed by atoms with Crippen molar-refractivity contribution in [1.82, 2.24) is 19.5 Å². The van der Waals surface area contributed by atoms with Crippen LogP contribution in [0.1, 0.15) is 15.3 Å². The van der Waals surface area contributed by atoms with Gasteiger partial charge in [0.25, 0.3) is 0 Å². The molecule has 0 bridgehead atoms. The van der Waals surface area contributed by atoms with Crippen LogP contribution < -0.4 is 5.73 Å². The number of halogens is 1. The van der Waals surface area contributed by atoms with Crippen molar-refractivity contribution in [2.45, 2.75) is 18.6 Å². The molecule has 0 aromatic carbocycles. The molecule has 10 heteroatoms. The van der Waals surface area contributed by atoms with E-state index < -0.39 is 8.60 Å². The number of hydrogen-bond acceptors (Lipinski definition) is 7. The fourth-order valence-electron chi connectivity index (χ4n) is 2.23. The highest BCUT2D eigenvalue weighted by Crippen LogP contribution is 2.38. The van der Waals surface area contributed by atoms with Gasteiger partial charge in [0.2, 0.25) is 5.95 Å². The number of allylic oxidation sites excluding steroid dienone is 1. The van der Waals surface area contributed by atoms with Crippen molar-refractivity contribution in [2.24, 2.45) is 0 Å². The van der Waals surface area contributed by atoms with Crippen LogP contribution in [0, 0.1) is 0 Å². The second kappa shape index (κ2) is 5.82. The summed E-state index contributed by atoms with van der Waals surface area (Å²) in [4.78, 5) is 21.7. The zero-order valence-corrected chi connectivity index (χ0v) is 12.7. The van der Waals surface area contributed by atoms with E-state index >= 15 is 0 Å². The highest BCUT2D eigenvalue weighted by Gasteiger charge is 2.25. The molecule has 116 valence electrons. The minimum Gasteiger partial charge on any atom is -0.368 e. The normalized spacial score (nSPS) is 23.0. The van der Waals surface area contributed by atoms with Crippen LogP contribution in [-0.2, 0) is 9.05 Å². The second-order valence-corrected chi connectivity index (χ2v) is 5.86. The predicted octanol–water partition coefficient (Wildman–Crippen LogP) is 2.31. The lowest BCUT2D eigenvalue weighted by molar-refractivity contribution is 0.182. The molecule has 2 heterocycles. The van der Waals surface area contributed by atoms with Gasteiger partial charge in [-0.1, -0.05) is 23.8 Å². The van der Waals surface area contributed by atoms with E-state index in [0.29, 0.717) is 17.6 Å². The summed E-state index contributed by atoms with van der Waals surface area (Å²) in [6, 6.07) is -0.00868. The van der Waals surface area contributed by atoms with Crippen LogP contribution in [-0.4, -0.2) is 37.6 Å². The Hall–Kier alpha value is -1.31. The Kier molecular flexibility index (Phi) is 4.05. The molecule has 0 radical (unpaired) electrons. The minimum absolute atomic E-state index is 0. The van der Waals surface area contributed by atoms with Crippen LogP contribution in [0.25, 0.3) is 11.2 Å². The Morgan fingerprint density at radius 1 is 1.52 bits per heavy atom. The molecular weight excluding hydrogens is 317 g/mol. The van der Waals surface area contributed by atoms with Gasteiger partial charge in [-0.2, -0.15) is 9.97 Å². The molecule has 8 nitrogen and oxygen atoms in total. The zero-order valence-electron chi connectivity index (χ0n) is 11.0. The summed E-state index contributed by atoms with van der Waals surface area (Å²) >= 11 is 6.00. The van der Waals surface area contributed by atoms with Gasteiger partial charge < -0.3 is 24.2 Å². The molecule has 0 fully saturated rings. The Morgan fingerprint density at radius 3 is 3.10 bits per heavy atom. The number of hydrogen-bond donors (Lipinski definition) is 2. The lowest BCUT2D eigenvalue weighted by Gasteiger charge is -2.15. The summed E-state index contributed by atoms with van der Waals surface area (Å²) in [6.07, 6.45) is 5.87. The average Bonchev–Trinajstić information content (AvgIpc) is 3.04. The number of imidazole rings is 1. The van der Waals surface area contributed by atoms with E-state index in [0.717, 1.165) is 0 Å². The van der Waals surface area contributed by atoms with E-state index in [-0.39, 0.29) is 26.1 Å². The van der Waals surface area contributed by atoms with Gasteiger partial charge in [-0.3, -0.25) is 0 Å². The molecule has 0 saturated carbocycles. The summed E-state index contributed by atoms with van der Waals surface area (Å²) in [6.45, 7) is 0. The SMILES string of the molecule is COP(O)O[C@@H]1C=C[C@H](n2cnc3c(Cl)nc(N)nc32)C1.[HH].[HH]. The Morgan fingerprint density at radius 2 is 2.33 bits per heavy atom. The van der Waals surface area contributed by atoms with Crippen LogP contribution >= 0.6 is 20.2 Å². The van der Waals surface area contributed by atoms with Crippen LogP contribution in [0.15, 0.2) is 18.5 Å². The first-order valence-electron chi connectivity index (χ1n) is 6.12. The summed E-state index contributed by atoms with van der Waals surface area (Å²) in [7, 11) is -0.458. The maximum absolute atomic E-state index is 9.39. The van der Waals surface area contributed by atoms with Gasteiger partial charge in [0.05, 0.1) is 18.5 Å². The van der Waals surface area contributed by atoms with Gasteiger partial charge in [-0.25, -0.2) is 4.98 Å². The molecule has 0 spiro atoms. The molecule has 1 unspecified atom stereocenters. The molecule has 2 aromatic rings. The van der Waals surface area contributed by atoms with Gasteiger partial charge in [-0.05, 0) is 0 Å². The molecular formula is C11H17ClN5O3P. The van der Waals surface area contributed by atoms with Crippen LogP contribution in [0.2, 0.25) is 5.15 Å². The highest BCUT2D eigenvalue weighted by atomic mass is 35.5. The van der Waals surface area contributed by atoms with Gasteiger partial charge in [0.1, 0.15) is 5.52 Å². The lowest BCUT2D eigenvalue weighted by atomic mass is 10.2. The van der Waals surface area contributed by atoms with Crippen LogP contribution in [0.3, 0.4) is 0 Å². The second-order valence-electron chi connectivity index (χ2n) is 4.45. The fraction of sp³-hybridized carbons (Fsp3) is 0.364. The number of nitrogen functional groups attached to an aromatic ring is 1. The summed E-state index contributed by atoms with van der Waals surface area (Å²) in [5, 5.41) is 0.226. The third-order valence-electron chi connectivity index (χ3n) is 3.16. The molecule has 0 aliphatic heterocycles. The number of aromatic nitrogens is 4. The number of anilines is 1. The lowest BCUT2D eigenvalue weighted by Crippen LogP contribution is -2.10. The first-order valence-corrected chi connectivity index (χ1v) is 7.63. The van der Waals surface area contributed by atoms with E-state index in [9.17, 15) is 4.89 Å². The highest BCUT2D eigenvalue weighted by molar-refractivity contribution is 7.40. The smallest absolute Gasteiger partial charge is 0.330 e. The first-order chi connectivity index (χ1) is 10.1. The average molecular weight is 334 g/mol. The van der Waals surface area contributed by atoms with Crippen molar-refractivity contribution in [3.05, 3.63) is 23.6 Å². The van der Waals surface area contributed by atoms with E-state index in [4.69, 9.17) is 26.4 Å². The largest absolute Gasteiger partial charge is 0.368 e. The molecule has 1 aliphatic carbocycles. The Labute approximate surface area is 129 Å². The summed E-state index contributed by atoms with van der Waals surface area (Å²) in [5.41, 5.74) is 6.70. The molecule has 3 atom stereocenters. The minimum atomic E-state index is -1.85. The van der Waals surface area contributed by atoms with Crippen molar-refractivity contribution in [3.8, 4) is 0 Å². The van der Waals surface area contributed by atoms with Crippen molar-refractivity contribution in [3.63, 3.8) is 0 Å². The summed E-state index contributed by atoms with van der Waals surface area (Å²) < 4.78 is 11.9. The van der Waals surface area contributed by atoms with Gasteiger partial charge in [0, 0.05) is 16.4 Å². The van der Waals surface area contributed by atoms with Crippen molar-refractivity contribution >= 4 is 37.3 Å². The van der Waals surface area contributed by atoms with E-state index in [2.05, 4.69) is 15.0 Å².